The molecule has 0 atom stereocenters. The van der Waals surface area contributed by atoms with Gasteiger partial charge in [-0.05, 0) is 30.2 Å². The number of rotatable bonds is 6. The Balaban J connectivity index is 2.56. The maximum Gasteiger partial charge on any atom is 0.335 e. The topological polar surface area (TPSA) is 71.4 Å². The van der Waals surface area contributed by atoms with Gasteiger partial charge in [0.25, 0.3) is 0 Å². The van der Waals surface area contributed by atoms with E-state index in [-0.39, 0.29) is 11.3 Å². The molecule has 0 aromatic heterocycles. The van der Waals surface area contributed by atoms with E-state index in [1.165, 1.54) is 18.0 Å². The van der Waals surface area contributed by atoms with Crippen LogP contribution in [0.1, 0.15) is 21.5 Å². The second-order valence-corrected chi connectivity index (χ2v) is 7.49. The second-order valence-electron chi connectivity index (χ2n) is 4.13. The molecule has 1 N–H and O–H groups in total. The molecule has 0 bridgehead atoms. The zero-order valence-corrected chi connectivity index (χ0v) is 12.0. The molecule has 0 aliphatic heterocycles. The molecule has 1 aromatic rings. The lowest BCUT2D eigenvalue weighted by Crippen LogP contribution is -2.05. The van der Waals surface area contributed by atoms with Crippen molar-refractivity contribution in [1.82, 2.24) is 0 Å². The summed E-state index contributed by atoms with van der Waals surface area (Å²) in [4.78, 5) is 10.8. The Hall–Kier alpha value is -1.01. The van der Waals surface area contributed by atoms with Crippen LogP contribution in [-0.4, -0.2) is 37.3 Å². The van der Waals surface area contributed by atoms with Crippen molar-refractivity contribution in [3.63, 3.8) is 0 Å². The van der Waals surface area contributed by atoms with Crippen molar-refractivity contribution < 1.29 is 18.3 Å². The molecular formula is C12H16O4S2. The van der Waals surface area contributed by atoms with Crippen molar-refractivity contribution in [2.24, 2.45) is 0 Å². The molecule has 0 aliphatic carbocycles. The van der Waals surface area contributed by atoms with Gasteiger partial charge < -0.3 is 5.11 Å². The minimum Gasteiger partial charge on any atom is -0.478 e. The molecular weight excluding hydrogens is 272 g/mol. The van der Waals surface area contributed by atoms with Crippen LogP contribution < -0.4 is 0 Å². The highest BCUT2D eigenvalue weighted by atomic mass is 32.2. The lowest BCUT2D eigenvalue weighted by molar-refractivity contribution is 0.0696. The standard InChI is InChI=1S/C12H16O4S2/c1-9-7-10(12(13)14)3-4-11(9)8-17-5-6-18(2,15)16/h3-4,7H,5-6,8H2,1-2H3,(H,13,14). The van der Waals surface area contributed by atoms with E-state index >= 15 is 0 Å². The van der Waals surface area contributed by atoms with Crippen LogP contribution in [0.5, 0.6) is 0 Å². The first-order valence-corrected chi connectivity index (χ1v) is 8.59. The van der Waals surface area contributed by atoms with E-state index in [2.05, 4.69) is 0 Å². The average molecular weight is 288 g/mol. The van der Waals surface area contributed by atoms with Crippen LogP contribution in [0, 0.1) is 6.92 Å². The Morgan fingerprint density at radius 2 is 2.06 bits per heavy atom. The Labute approximate surface area is 111 Å². The number of thioether (sulfide) groups is 1. The summed E-state index contributed by atoms with van der Waals surface area (Å²) in [5.74, 6) is 0.485. The van der Waals surface area contributed by atoms with Gasteiger partial charge in [0.1, 0.15) is 9.84 Å². The van der Waals surface area contributed by atoms with E-state index in [9.17, 15) is 13.2 Å². The number of aryl methyl sites for hydroxylation is 1. The van der Waals surface area contributed by atoms with E-state index in [0.29, 0.717) is 11.5 Å². The summed E-state index contributed by atoms with van der Waals surface area (Å²) in [6.45, 7) is 1.86. The summed E-state index contributed by atoms with van der Waals surface area (Å²) in [7, 11) is -2.91. The summed E-state index contributed by atoms with van der Waals surface area (Å²) in [6, 6.07) is 4.99. The summed E-state index contributed by atoms with van der Waals surface area (Å²) in [5.41, 5.74) is 2.23. The number of benzene rings is 1. The van der Waals surface area contributed by atoms with Crippen LogP contribution in [0.15, 0.2) is 18.2 Å². The molecule has 0 unspecified atom stereocenters. The van der Waals surface area contributed by atoms with Gasteiger partial charge in [0.2, 0.25) is 0 Å². The highest BCUT2D eigenvalue weighted by Crippen LogP contribution is 2.18. The van der Waals surface area contributed by atoms with Gasteiger partial charge >= 0.3 is 5.97 Å². The lowest BCUT2D eigenvalue weighted by atomic mass is 10.1. The molecule has 4 nitrogen and oxygen atoms in total. The minimum atomic E-state index is -2.91. The summed E-state index contributed by atoms with van der Waals surface area (Å²) in [5, 5.41) is 8.83. The number of hydrogen-bond acceptors (Lipinski definition) is 4. The van der Waals surface area contributed by atoms with Gasteiger partial charge in [0.05, 0.1) is 11.3 Å². The van der Waals surface area contributed by atoms with Crippen LogP contribution in [0.4, 0.5) is 0 Å². The van der Waals surface area contributed by atoms with E-state index < -0.39 is 15.8 Å². The molecule has 0 radical (unpaired) electrons. The van der Waals surface area contributed by atoms with Crippen LogP contribution in [-0.2, 0) is 15.6 Å². The first kappa shape index (κ1) is 15.0. The van der Waals surface area contributed by atoms with Gasteiger partial charge in [-0.3, -0.25) is 0 Å². The Bertz CT molecular complexity index is 535. The number of sulfone groups is 1. The number of aromatic carboxylic acids is 1. The van der Waals surface area contributed by atoms with Crippen molar-refractivity contribution in [1.29, 1.82) is 0 Å². The van der Waals surface area contributed by atoms with Crippen LogP contribution in [0.25, 0.3) is 0 Å². The van der Waals surface area contributed by atoms with Gasteiger partial charge in [0.15, 0.2) is 0 Å². The zero-order chi connectivity index (χ0) is 13.8. The Morgan fingerprint density at radius 3 is 2.56 bits per heavy atom. The fraction of sp³-hybridized carbons (Fsp3) is 0.417. The first-order valence-electron chi connectivity index (χ1n) is 5.38. The van der Waals surface area contributed by atoms with Crippen LogP contribution >= 0.6 is 11.8 Å². The molecule has 0 spiro atoms. The predicted molar refractivity (Wildman–Crippen MR) is 74.0 cm³/mol. The predicted octanol–water partition coefficient (Wildman–Crippen LogP) is 1.97. The quantitative estimate of drug-likeness (QED) is 0.810. The fourth-order valence-electron chi connectivity index (χ4n) is 1.38. The smallest absolute Gasteiger partial charge is 0.335 e. The van der Waals surface area contributed by atoms with E-state index in [0.717, 1.165) is 11.1 Å². The molecule has 0 aliphatic rings. The lowest BCUT2D eigenvalue weighted by Gasteiger charge is -2.06. The normalized spacial score (nSPS) is 11.4. The number of carbonyl (C=O) groups is 1. The molecule has 100 valence electrons. The summed E-state index contributed by atoms with van der Waals surface area (Å²) >= 11 is 1.54. The second kappa shape index (κ2) is 6.24. The molecule has 0 fully saturated rings. The first-order chi connectivity index (χ1) is 8.29. The van der Waals surface area contributed by atoms with Crippen LogP contribution in [0.2, 0.25) is 0 Å². The maximum absolute atomic E-state index is 11.0. The SMILES string of the molecule is Cc1cc(C(=O)O)ccc1CSCCS(C)(=O)=O. The minimum absolute atomic E-state index is 0.171. The summed E-state index contributed by atoms with van der Waals surface area (Å²) in [6.07, 6.45) is 1.22. The van der Waals surface area contributed by atoms with Gasteiger partial charge in [-0.15, -0.1) is 0 Å². The van der Waals surface area contributed by atoms with E-state index in [4.69, 9.17) is 5.11 Å². The van der Waals surface area contributed by atoms with E-state index in [1.54, 1.807) is 18.2 Å². The average Bonchev–Trinajstić information content (AvgIpc) is 2.24. The van der Waals surface area contributed by atoms with Gasteiger partial charge in [-0.25, -0.2) is 13.2 Å². The van der Waals surface area contributed by atoms with Crippen molar-refractivity contribution in [3.05, 3.63) is 34.9 Å². The zero-order valence-electron chi connectivity index (χ0n) is 10.3. The molecule has 1 aromatic carbocycles. The van der Waals surface area contributed by atoms with Gasteiger partial charge in [0, 0.05) is 17.8 Å². The maximum atomic E-state index is 11.0. The van der Waals surface area contributed by atoms with Crippen molar-refractivity contribution in [3.8, 4) is 0 Å². The number of carboxylic acids is 1. The Kier molecular flexibility index (Phi) is 5.22. The molecule has 18 heavy (non-hydrogen) atoms. The molecule has 0 amide bonds. The monoisotopic (exact) mass is 288 g/mol. The largest absolute Gasteiger partial charge is 0.478 e. The molecule has 1 rings (SSSR count). The van der Waals surface area contributed by atoms with Crippen LogP contribution in [0.3, 0.4) is 0 Å². The van der Waals surface area contributed by atoms with Gasteiger partial charge in [-0.2, -0.15) is 11.8 Å². The highest BCUT2D eigenvalue weighted by molar-refractivity contribution is 7.99. The third kappa shape index (κ3) is 5.10. The molecule has 6 heteroatoms. The third-order valence-electron chi connectivity index (χ3n) is 2.45. The Morgan fingerprint density at radius 1 is 1.39 bits per heavy atom. The number of hydrogen-bond donors (Lipinski definition) is 1. The van der Waals surface area contributed by atoms with Gasteiger partial charge in [-0.1, -0.05) is 6.07 Å². The summed E-state index contributed by atoms with van der Waals surface area (Å²) < 4.78 is 21.9. The van der Waals surface area contributed by atoms with Crippen molar-refractivity contribution in [2.75, 3.05) is 17.8 Å². The molecule has 0 saturated heterocycles. The number of carboxylic acid groups (broad SMARTS) is 1. The van der Waals surface area contributed by atoms with E-state index in [1.807, 2.05) is 6.92 Å². The molecule has 0 heterocycles. The highest BCUT2D eigenvalue weighted by Gasteiger charge is 2.06. The van der Waals surface area contributed by atoms with Crippen molar-refractivity contribution in [2.45, 2.75) is 12.7 Å². The van der Waals surface area contributed by atoms with Crippen molar-refractivity contribution >= 4 is 27.6 Å². The molecule has 0 saturated carbocycles. The fourth-order valence-corrected chi connectivity index (χ4v) is 3.75. The third-order valence-corrected chi connectivity index (χ3v) is 4.66.